The van der Waals surface area contributed by atoms with E-state index in [0.717, 1.165) is 69.3 Å². The van der Waals surface area contributed by atoms with Gasteiger partial charge in [0.25, 0.3) is 0 Å². The van der Waals surface area contributed by atoms with Crippen LogP contribution in [0, 0.1) is 59.7 Å². The number of rotatable bonds is 36. The highest BCUT2D eigenvalue weighted by Gasteiger charge is 2.27. The van der Waals surface area contributed by atoms with Gasteiger partial charge >= 0.3 is 29.8 Å². The summed E-state index contributed by atoms with van der Waals surface area (Å²) in [6.07, 6.45) is 13.8. The first-order valence-electron chi connectivity index (χ1n) is 42.3. The van der Waals surface area contributed by atoms with Gasteiger partial charge in [-0.3, -0.25) is 57.9 Å². The van der Waals surface area contributed by atoms with E-state index in [9.17, 15) is 67.7 Å². The van der Waals surface area contributed by atoms with Crippen LogP contribution in [-0.4, -0.2) is 168 Å². The number of ketones is 7. The molecule has 0 amide bonds. The molecule has 3 atom stereocenters. The minimum absolute atomic E-state index is 0.0183. The predicted molar refractivity (Wildman–Crippen MR) is 490 cm³/mol. The first kappa shape index (κ1) is 117. The van der Waals surface area contributed by atoms with Crippen LogP contribution in [0.25, 0.3) is 5.57 Å². The van der Waals surface area contributed by atoms with E-state index in [4.69, 9.17) is 31.8 Å². The minimum Gasteiger partial charge on any atom is -0.508 e. The number of hydrogen-bond donors (Lipinski definition) is 6. The Labute approximate surface area is 733 Å². The Morgan fingerprint density at radius 2 is 1.10 bits per heavy atom. The van der Waals surface area contributed by atoms with Crippen LogP contribution in [0.4, 0.5) is 5.69 Å². The Hall–Kier alpha value is -10.3. The molecule has 5 aromatic rings. The minimum atomic E-state index is -0.915. The summed E-state index contributed by atoms with van der Waals surface area (Å²) in [6.45, 7) is 45.1. The number of ether oxygens (including phenoxy) is 4. The highest BCUT2D eigenvalue weighted by Crippen LogP contribution is 2.37. The third kappa shape index (κ3) is 56.1. The monoisotopic (exact) mass is 1710 g/mol. The number of unbranched alkanes of at least 4 members (excludes halogenated alkanes) is 1. The Kier molecular flexibility index (Phi) is 60.4. The number of carboxylic acid groups (broad SMARTS) is 1. The molecule has 6 rings (SSSR count). The standard InChI is InChI=1S/C18H18O3.C14H18N2O2.C14H19NO2.C11H14O.C10H18O4.C8H15NO3.C8H20N.C8H12O3.C7H15NO/c1-12(2)13(3)14-8-5-7-11-17(14)21-18(20)15-9-4-6-10-16(15)19;1-8(2)14(18)12(15)5-9-7-16-13-4-3-10(17)6-11(9)13;1-11(2)13(16)7-3-4-8-14(17)12-6-5-9-15-10-12;1-8(2)11(12)10-7-5-4-6-9(10)3;1-10(2,3)7-14-9(12)6-5-8(11)13-4;1-5(2)8(12)6(9)3-4-7(10)11;1-8(2)6-7-9(3,4)5;1-6(2)7(9)4-5-8(10)11-3;1-6(2)7(9)4-3-5-8/h4-12,19H,3H2,1-2H3;3-4,6-9,12,17H,5,15H2,1-2H3;5-6,9-11H,3-4,7-8H2,1-2H3;4-8H,1-3H3;5-7H2,1-4H3;5-6H,3-4,9H2,1-2H3,(H,10,11);8H,6-7H2,1-5H3;4-6H,1-3H3;6H,3-5,8H2,1-2H3/q;;;;;;+1;;/b;;;;;;;5-4+;/t;9?,12-;;;;;;;/m.0......./s1. The lowest BCUT2D eigenvalue weighted by Crippen LogP contribution is -2.35. The Morgan fingerprint density at radius 1 is 0.569 bits per heavy atom. The molecule has 0 fully saturated rings. The summed E-state index contributed by atoms with van der Waals surface area (Å²) >= 11 is 0. The number of pyridine rings is 1. The molecule has 4 aromatic carbocycles. The first-order chi connectivity index (χ1) is 57.2. The number of esters is 4. The highest BCUT2D eigenvalue weighted by molar-refractivity contribution is 5.99. The molecule has 684 valence electrons. The van der Waals surface area contributed by atoms with Crippen molar-refractivity contribution in [3.63, 3.8) is 0 Å². The van der Waals surface area contributed by atoms with Gasteiger partial charge in [-0.05, 0) is 141 Å². The number of carbonyl (C=O) groups is 12. The molecule has 0 saturated heterocycles. The van der Waals surface area contributed by atoms with Gasteiger partial charge < -0.3 is 56.0 Å². The van der Waals surface area contributed by atoms with Crippen molar-refractivity contribution in [2.24, 2.45) is 75.0 Å². The van der Waals surface area contributed by atoms with Crippen LogP contribution in [0.1, 0.15) is 262 Å². The van der Waals surface area contributed by atoms with Crippen LogP contribution in [-0.2, 0) is 57.4 Å². The number of nitrogens with zero attached hydrogens (tertiary/aromatic N) is 3. The molecule has 123 heavy (non-hydrogen) atoms. The van der Waals surface area contributed by atoms with Gasteiger partial charge in [-0.25, -0.2) is 9.59 Å². The third-order valence-corrected chi connectivity index (χ3v) is 18.0. The summed E-state index contributed by atoms with van der Waals surface area (Å²) < 4.78 is 20.2. The fraction of sp³-hybridized carbons (Fsp3) is 0.531. The largest absolute Gasteiger partial charge is 0.508 e. The zero-order valence-corrected chi connectivity index (χ0v) is 78.3. The van der Waals surface area contributed by atoms with Crippen LogP contribution < -0.4 is 21.9 Å². The Balaban J connectivity index is -0.00000134. The zero-order valence-electron chi connectivity index (χ0n) is 78.3. The van der Waals surface area contributed by atoms with E-state index >= 15 is 0 Å². The molecule has 9 N–H and O–H groups in total. The van der Waals surface area contributed by atoms with E-state index in [-0.39, 0.29) is 136 Å². The number of aromatic nitrogens is 1. The molecule has 1 aliphatic rings. The number of carbonyl (C=O) groups excluding carboxylic acids is 11. The molecule has 0 spiro atoms. The van der Waals surface area contributed by atoms with Gasteiger partial charge in [0.15, 0.2) is 28.9 Å². The van der Waals surface area contributed by atoms with Gasteiger partial charge in [0.1, 0.15) is 34.4 Å². The number of aromatic hydroxyl groups is 2. The topological polar surface area (TPSA) is 406 Å². The molecular weight excluding hydrogens is 1570 g/mol. The van der Waals surface area contributed by atoms with Crippen molar-refractivity contribution >= 4 is 87.8 Å². The van der Waals surface area contributed by atoms with Crippen LogP contribution in [0.3, 0.4) is 0 Å². The van der Waals surface area contributed by atoms with Crippen LogP contribution in [0.15, 0.2) is 139 Å². The Bertz CT molecular complexity index is 4110. The van der Waals surface area contributed by atoms with Crippen LogP contribution in [0.5, 0.6) is 17.2 Å². The normalized spacial score (nSPS) is 12.1. The molecule has 0 aliphatic carbocycles. The fourth-order valence-electron chi connectivity index (χ4n) is 10.00. The van der Waals surface area contributed by atoms with Gasteiger partial charge in [0.2, 0.25) is 0 Å². The third-order valence-electron chi connectivity index (χ3n) is 18.0. The second-order valence-corrected chi connectivity index (χ2v) is 34.5. The molecule has 0 radical (unpaired) electrons. The van der Waals surface area contributed by atoms with Gasteiger partial charge in [-0.15, -0.1) is 0 Å². The summed E-state index contributed by atoms with van der Waals surface area (Å²) in [5.41, 5.74) is 22.8. The predicted octanol–water partition coefficient (Wildman–Crippen LogP) is 17.9. The number of aryl methyl sites for hydroxylation is 1. The first-order valence-corrected chi connectivity index (χ1v) is 42.3. The van der Waals surface area contributed by atoms with E-state index in [0.29, 0.717) is 55.9 Å². The number of quaternary nitrogens is 1. The summed E-state index contributed by atoms with van der Waals surface area (Å²) in [7, 11) is 9.28. The van der Waals surface area contributed by atoms with Crippen LogP contribution in [0.2, 0.25) is 0 Å². The SMILES string of the molecule is C=C(c1ccccc1OC(=O)c1ccccc1O)C(C)C.CC(C)C(=O)C(N)CCC(=O)O.CC(C)C(=O)CCCCC(=O)c1cccnc1.CC(C)C(=O)CCCN.CC(C)C(=O)[C@@H](N)CC1C=Nc2ccc(O)cc21.CC(C)CC[N+](C)(C)C.COC(=O)/C=C/C(=O)C(C)C.COC(=O)CCC(=O)OCC(C)(C)C.Cc1ccccc1C(=O)C(C)C. The number of nitrogens with two attached hydrogens (primary N) is 3. The van der Waals surface area contributed by atoms with E-state index in [2.05, 4.69) is 61.0 Å². The molecule has 25 heteroatoms. The van der Waals surface area contributed by atoms with Crippen molar-refractivity contribution < 1.29 is 96.3 Å². The number of para-hydroxylation sites is 2. The summed E-state index contributed by atoms with van der Waals surface area (Å²) in [6, 6.07) is 28.8. The quantitative estimate of drug-likeness (QED) is 0.00412. The van der Waals surface area contributed by atoms with Crippen LogP contribution >= 0.6 is 0 Å². The van der Waals surface area contributed by atoms with Gasteiger partial charge in [-0.2, -0.15) is 0 Å². The molecular formula is C98H149N6O19+. The number of phenolic OH excluding ortho intramolecular Hbond substituents is 2. The fourth-order valence-corrected chi connectivity index (χ4v) is 10.00. The van der Waals surface area contributed by atoms with Gasteiger partial charge in [0.05, 0.1) is 79.1 Å². The average molecular weight is 1720 g/mol. The molecule has 2 heterocycles. The number of allylic oxidation sites excluding steroid dienone is 2. The molecule has 1 aliphatic heterocycles. The number of benzene rings is 4. The van der Waals surface area contributed by atoms with Crippen molar-refractivity contribution in [2.45, 2.75) is 234 Å². The number of phenols is 2. The number of fused-ring (bicyclic) bond motifs is 1. The lowest BCUT2D eigenvalue weighted by molar-refractivity contribution is -0.870. The van der Waals surface area contributed by atoms with Crippen molar-refractivity contribution in [2.75, 3.05) is 55.1 Å². The van der Waals surface area contributed by atoms with E-state index in [1.54, 1.807) is 101 Å². The van der Waals surface area contributed by atoms with Gasteiger partial charge in [-0.1, -0.05) is 193 Å². The molecule has 0 bridgehead atoms. The van der Waals surface area contributed by atoms with E-state index in [1.807, 2.05) is 133 Å². The molecule has 1 aromatic heterocycles. The lowest BCUT2D eigenvalue weighted by atomic mass is 9.90. The number of hydrogen-bond acceptors (Lipinski definition) is 23. The van der Waals surface area contributed by atoms with Crippen molar-refractivity contribution in [3.8, 4) is 17.2 Å². The van der Waals surface area contributed by atoms with Crippen molar-refractivity contribution in [3.05, 3.63) is 168 Å². The number of methoxy groups -OCH3 is 2. The maximum Gasteiger partial charge on any atom is 0.347 e. The number of aliphatic carboxylic acids is 1. The summed E-state index contributed by atoms with van der Waals surface area (Å²) in [5.74, 6) is -0.0899. The molecule has 0 saturated carbocycles. The number of Topliss-reactive ketones (excluding diaryl/α,β-unsaturated/α-hetero) is 6. The van der Waals surface area contributed by atoms with Crippen molar-refractivity contribution in [1.29, 1.82) is 0 Å². The Morgan fingerprint density at radius 3 is 1.56 bits per heavy atom. The maximum atomic E-state index is 12.2. The van der Waals surface area contributed by atoms with Crippen molar-refractivity contribution in [1.82, 2.24) is 4.98 Å². The smallest absolute Gasteiger partial charge is 0.347 e. The maximum absolute atomic E-state index is 12.2. The second-order valence-electron chi connectivity index (χ2n) is 34.5. The second kappa shape index (κ2) is 63.6. The molecule has 2 unspecified atom stereocenters. The van der Waals surface area contributed by atoms with E-state index in [1.165, 1.54) is 45.4 Å². The highest BCUT2D eigenvalue weighted by atomic mass is 16.5. The number of carboxylic acids is 1. The average Bonchev–Trinajstić information content (AvgIpc) is 1.70. The lowest BCUT2D eigenvalue weighted by Gasteiger charge is -2.24. The van der Waals surface area contributed by atoms with Gasteiger partial charge in [0, 0.05) is 108 Å². The van der Waals surface area contributed by atoms with E-state index < -0.39 is 36.0 Å². The molecule has 25 nitrogen and oxygen atoms in total. The zero-order chi connectivity index (χ0) is 95.0. The summed E-state index contributed by atoms with van der Waals surface area (Å²) in [5, 5.41) is 27.5. The summed E-state index contributed by atoms with van der Waals surface area (Å²) in [4.78, 5) is 142. The number of aliphatic imine (C=N–C) groups is 1.